The molecule has 0 spiro atoms. The van der Waals surface area contributed by atoms with Gasteiger partial charge in [0.05, 0.1) is 0 Å². The molecule has 0 aromatic carbocycles. The van der Waals surface area contributed by atoms with Gasteiger partial charge in [0.2, 0.25) is 0 Å². The number of rotatable bonds is 3. The van der Waals surface area contributed by atoms with Gasteiger partial charge in [-0.3, -0.25) is 4.79 Å². The van der Waals surface area contributed by atoms with Gasteiger partial charge in [0.15, 0.2) is 5.69 Å². The van der Waals surface area contributed by atoms with Gasteiger partial charge in [-0.25, -0.2) is 0 Å². The summed E-state index contributed by atoms with van der Waals surface area (Å²) in [5.74, 6) is 1.72. The summed E-state index contributed by atoms with van der Waals surface area (Å²) in [6, 6.07) is 2.00. The van der Waals surface area contributed by atoms with Crippen LogP contribution in [0.1, 0.15) is 41.9 Å². The van der Waals surface area contributed by atoms with E-state index in [4.69, 9.17) is 4.52 Å². The van der Waals surface area contributed by atoms with Gasteiger partial charge in [-0.05, 0) is 25.8 Å². The van der Waals surface area contributed by atoms with Gasteiger partial charge in [0.25, 0.3) is 5.91 Å². The molecule has 5 nitrogen and oxygen atoms in total. The smallest absolute Gasteiger partial charge is 0.273 e. The zero-order valence-electron chi connectivity index (χ0n) is 10.8. The van der Waals surface area contributed by atoms with Crippen LogP contribution in [0.5, 0.6) is 0 Å². The summed E-state index contributed by atoms with van der Waals surface area (Å²) in [5.41, 5.74) is 0.415. The van der Waals surface area contributed by atoms with Crippen LogP contribution < -0.4 is 5.32 Å². The van der Waals surface area contributed by atoms with Crippen molar-refractivity contribution in [2.75, 3.05) is 20.1 Å². The maximum absolute atomic E-state index is 12.1. The largest absolute Gasteiger partial charge is 0.360 e. The number of carbonyl (C=O) groups excluding carboxylic acids is 1. The van der Waals surface area contributed by atoms with Crippen molar-refractivity contribution in [1.29, 1.82) is 0 Å². The molecule has 1 aliphatic carbocycles. The Morgan fingerprint density at radius 1 is 1.50 bits per heavy atom. The Balaban J connectivity index is 1.63. The zero-order chi connectivity index (χ0) is 12.7. The van der Waals surface area contributed by atoms with Crippen LogP contribution in [0, 0.1) is 5.92 Å². The standard InChI is InChI=1S/C13H19N3O2/c1-8-6-16(2)7-11(8)14-13(17)10-5-12(18-15-10)9-3-4-9/h5,8-9,11H,3-4,6-7H2,1-2H3,(H,14,17)/t8-,11-/m1/s1. The number of aromatic nitrogens is 1. The van der Waals surface area contributed by atoms with Crippen molar-refractivity contribution in [3.05, 3.63) is 17.5 Å². The van der Waals surface area contributed by atoms with Gasteiger partial charge >= 0.3 is 0 Å². The highest BCUT2D eigenvalue weighted by molar-refractivity contribution is 5.92. The van der Waals surface area contributed by atoms with Crippen LogP contribution in [0.25, 0.3) is 0 Å². The summed E-state index contributed by atoms with van der Waals surface area (Å²) in [6.07, 6.45) is 2.31. The highest BCUT2D eigenvalue weighted by Gasteiger charge is 2.31. The average Bonchev–Trinajstić information content (AvgIpc) is 2.96. The van der Waals surface area contributed by atoms with Crippen LogP contribution in [-0.4, -0.2) is 42.1 Å². The summed E-state index contributed by atoms with van der Waals surface area (Å²) in [5, 5.41) is 6.91. The molecule has 1 N–H and O–H groups in total. The molecule has 2 heterocycles. The first-order chi connectivity index (χ1) is 8.63. The lowest BCUT2D eigenvalue weighted by atomic mass is 10.1. The number of likely N-dealkylation sites (N-methyl/N-ethyl adjacent to an activating group) is 1. The fraction of sp³-hybridized carbons (Fsp3) is 0.692. The number of carbonyl (C=O) groups is 1. The lowest BCUT2D eigenvalue weighted by Gasteiger charge is -2.15. The molecule has 18 heavy (non-hydrogen) atoms. The van der Waals surface area contributed by atoms with Crippen molar-refractivity contribution in [2.24, 2.45) is 5.92 Å². The molecular weight excluding hydrogens is 230 g/mol. The van der Waals surface area contributed by atoms with Gasteiger partial charge in [-0.15, -0.1) is 0 Å². The number of amides is 1. The first kappa shape index (κ1) is 11.7. The lowest BCUT2D eigenvalue weighted by Crippen LogP contribution is -2.39. The Labute approximate surface area is 107 Å². The van der Waals surface area contributed by atoms with Crippen LogP contribution in [0.4, 0.5) is 0 Å². The fourth-order valence-corrected chi connectivity index (χ4v) is 2.60. The fourth-order valence-electron chi connectivity index (χ4n) is 2.60. The van der Waals surface area contributed by atoms with E-state index in [-0.39, 0.29) is 11.9 Å². The number of hydrogen-bond acceptors (Lipinski definition) is 4. The van der Waals surface area contributed by atoms with Gasteiger partial charge < -0.3 is 14.7 Å². The average molecular weight is 249 g/mol. The topological polar surface area (TPSA) is 58.4 Å². The Morgan fingerprint density at radius 2 is 2.28 bits per heavy atom. The van der Waals surface area contributed by atoms with Gasteiger partial charge in [-0.2, -0.15) is 0 Å². The Morgan fingerprint density at radius 3 is 2.89 bits per heavy atom. The molecule has 3 rings (SSSR count). The second-order valence-corrected chi connectivity index (χ2v) is 5.67. The Hall–Kier alpha value is -1.36. The molecule has 1 aromatic heterocycles. The summed E-state index contributed by atoms with van der Waals surface area (Å²) >= 11 is 0. The van der Waals surface area contributed by atoms with Gasteiger partial charge in [0, 0.05) is 31.1 Å². The predicted molar refractivity (Wildman–Crippen MR) is 66.4 cm³/mol. The van der Waals surface area contributed by atoms with Crippen LogP contribution in [0.15, 0.2) is 10.6 Å². The monoisotopic (exact) mass is 249 g/mol. The van der Waals surface area contributed by atoms with Crippen molar-refractivity contribution in [1.82, 2.24) is 15.4 Å². The summed E-state index contributed by atoms with van der Waals surface area (Å²) in [7, 11) is 2.07. The van der Waals surface area contributed by atoms with Crippen molar-refractivity contribution in [3.8, 4) is 0 Å². The minimum atomic E-state index is -0.113. The van der Waals surface area contributed by atoms with Crippen LogP contribution in [0.2, 0.25) is 0 Å². The number of nitrogens with zero attached hydrogens (tertiary/aromatic N) is 2. The minimum Gasteiger partial charge on any atom is -0.360 e. The minimum absolute atomic E-state index is 0.113. The molecule has 1 saturated carbocycles. The van der Waals surface area contributed by atoms with Gasteiger partial charge in [-0.1, -0.05) is 12.1 Å². The summed E-state index contributed by atoms with van der Waals surface area (Å²) in [6.45, 7) is 4.09. The third-order valence-electron chi connectivity index (χ3n) is 3.85. The van der Waals surface area contributed by atoms with E-state index in [1.54, 1.807) is 6.07 Å². The van der Waals surface area contributed by atoms with Gasteiger partial charge in [0.1, 0.15) is 5.76 Å². The molecule has 0 bridgehead atoms. The SMILES string of the molecule is C[C@@H]1CN(C)C[C@H]1NC(=O)c1cc(C2CC2)on1. The van der Waals surface area contributed by atoms with E-state index in [1.165, 1.54) is 0 Å². The third-order valence-corrected chi connectivity index (χ3v) is 3.85. The lowest BCUT2D eigenvalue weighted by molar-refractivity contribution is 0.0922. The van der Waals surface area contributed by atoms with E-state index < -0.39 is 0 Å². The second-order valence-electron chi connectivity index (χ2n) is 5.67. The molecule has 0 unspecified atom stereocenters. The molecule has 1 amide bonds. The van der Waals surface area contributed by atoms with Crippen molar-refractivity contribution >= 4 is 5.91 Å². The van der Waals surface area contributed by atoms with E-state index >= 15 is 0 Å². The van der Waals surface area contributed by atoms with Crippen LogP contribution in [0.3, 0.4) is 0 Å². The Bertz CT molecular complexity index is 453. The summed E-state index contributed by atoms with van der Waals surface area (Å²) in [4.78, 5) is 14.3. The van der Waals surface area contributed by atoms with E-state index in [1.807, 2.05) is 0 Å². The highest BCUT2D eigenvalue weighted by Crippen LogP contribution is 2.40. The molecule has 1 saturated heterocycles. The van der Waals surface area contributed by atoms with E-state index in [0.29, 0.717) is 17.5 Å². The molecule has 98 valence electrons. The molecule has 2 aliphatic rings. The quantitative estimate of drug-likeness (QED) is 0.875. The highest BCUT2D eigenvalue weighted by atomic mass is 16.5. The first-order valence-electron chi connectivity index (χ1n) is 6.59. The summed E-state index contributed by atoms with van der Waals surface area (Å²) < 4.78 is 5.20. The maximum atomic E-state index is 12.1. The normalized spacial score (nSPS) is 28.6. The first-order valence-corrected chi connectivity index (χ1v) is 6.59. The van der Waals surface area contributed by atoms with Crippen LogP contribution in [-0.2, 0) is 0 Å². The Kier molecular flexibility index (Phi) is 2.86. The molecular formula is C13H19N3O2. The van der Waals surface area contributed by atoms with Crippen molar-refractivity contribution in [2.45, 2.75) is 31.7 Å². The van der Waals surface area contributed by atoms with E-state index in [2.05, 4.69) is 29.3 Å². The molecule has 2 fully saturated rings. The van der Waals surface area contributed by atoms with E-state index in [0.717, 1.165) is 31.7 Å². The van der Waals surface area contributed by atoms with Crippen LogP contribution >= 0.6 is 0 Å². The molecule has 1 aromatic rings. The zero-order valence-corrected chi connectivity index (χ0v) is 10.8. The molecule has 0 radical (unpaired) electrons. The molecule has 2 atom stereocenters. The second kappa shape index (κ2) is 4.39. The maximum Gasteiger partial charge on any atom is 0.273 e. The number of nitrogens with one attached hydrogen (secondary N) is 1. The predicted octanol–water partition coefficient (Wildman–Crippen LogP) is 1.23. The number of likely N-dealkylation sites (tertiary alicyclic amines) is 1. The van der Waals surface area contributed by atoms with Crippen molar-refractivity contribution < 1.29 is 9.32 Å². The number of hydrogen-bond donors (Lipinski definition) is 1. The third kappa shape index (κ3) is 2.27. The molecule has 1 aliphatic heterocycles. The van der Waals surface area contributed by atoms with E-state index in [9.17, 15) is 4.79 Å². The van der Waals surface area contributed by atoms with Crippen molar-refractivity contribution in [3.63, 3.8) is 0 Å². The molecule has 5 heteroatoms.